The summed E-state index contributed by atoms with van der Waals surface area (Å²) in [6, 6.07) is 4.08. The summed E-state index contributed by atoms with van der Waals surface area (Å²) >= 11 is 0. The lowest BCUT2D eigenvalue weighted by molar-refractivity contribution is -0.782. The molecule has 1 rings (SSSR count). The van der Waals surface area contributed by atoms with Crippen LogP contribution in [0.5, 0.6) is 0 Å². The van der Waals surface area contributed by atoms with E-state index in [-0.39, 0.29) is 6.61 Å². The van der Waals surface area contributed by atoms with Crippen LogP contribution in [-0.2, 0) is 11.4 Å². The van der Waals surface area contributed by atoms with Crippen molar-refractivity contribution in [3.05, 3.63) is 39.2 Å². The normalized spacial score (nSPS) is 10.1. The lowest BCUT2D eigenvalue weighted by Gasteiger charge is -2.04. The van der Waals surface area contributed by atoms with Crippen LogP contribution in [0.2, 0.25) is 0 Å². The Hall–Kier alpha value is -1.65. The molecule has 5 heteroatoms. The van der Waals surface area contributed by atoms with Crippen molar-refractivity contribution in [1.82, 2.24) is 0 Å². The van der Waals surface area contributed by atoms with E-state index >= 15 is 0 Å². The number of nitrogens with zero attached hydrogens (tertiary/aromatic N) is 2. The molecule has 1 aromatic rings. The van der Waals surface area contributed by atoms with Crippen LogP contribution in [0.4, 0.5) is 0 Å². The molecule has 0 spiro atoms. The molecule has 0 aliphatic carbocycles. The highest BCUT2D eigenvalue weighted by Crippen LogP contribution is 2.01. The van der Waals surface area contributed by atoms with Gasteiger partial charge in [-0.05, 0) is 12.5 Å². The van der Waals surface area contributed by atoms with Crippen molar-refractivity contribution in [1.29, 1.82) is 0 Å². The lowest BCUT2D eigenvalue weighted by Crippen LogP contribution is -2.42. The SMILES string of the molecule is Cc1cc(C)[n+](CCO[N+](=O)[O-])c(C)c1. The van der Waals surface area contributed by atoms with Gasteiger partial charge in [-0.3, -0.25) is 0 Å². The molecule has 5 nitrogen and oxygen atoms in total. The zero-order valence-corrected chi connectivity index (χ0v) is 9.19. The van der Waals surface area contributed by atoms with Gasteiger partial charge >= 0.3 is 0 Å². The van der Waals surface area contributed by atoms with Crippen molar-refractivity contribution in [3.8, 4) is 0 Å². The van der Waals surface area contributed by atoms with E-state index in [2.05, 4.69) is 4.84 Å². The fourth-order valence-corrected chi connectivity index (χ4v) is 1.69. The minimum Gasteiger partial charge on any atom is -0.307 e. The Morgan fingerprint density at radius 1 is 1.33 bits per heavy atom. The molecule has 0 radical (unpaired) electrons. The van der Waals surface area contributed by atoms with Gasteiger partial charge in [0.2, 0.25) is 0 Å². The summed E-state index contributed by atoms with van der Waals surface area (Å²) in [5, 5.41) is 9.22. The first-order chi connectivity index (χ1) is 7.00. The van der Waals surface area contributed by atoms with Gasteiger partial charge < -0.3 is 4.84 Å². The fourth-order valence-electron chi connectivity index (χ4n) is 1.69. The second-order valence-corrected chi connectivity index (χ2v) is 3.52. The molecule has 0 saturated heterocycles. The van der Waals surface area contributed by atoms with Gasteiger partial charge in [-0.15, -0.1) is 10.1 Å². The van der Waals surface area contributed by atoms with E-state index in [1.165, 1.54) is 5.56 Å². The molecule has 0 unspecified atom stereocenters. The molecule has 0 aliphatic heterocycles. The first-order valence-electron chi connectivity index (χ1n) is 4.75. The van der Waals surface area contributed by atoms with Crippen LogP contribution in [0.15, 0.2) is 12.1 Å². The average molecular weight is 211 g/mol. The van der Waals surface area contributed by atoms with E-state index < -0.39 is 5.09 Å². The average Bonchev–Trinajstić information content (AvgIpc) is 2.08. The minimum absolute atomic E-state index is 0.0857. The maximum absolute atomic E-state index is 9.99. The smallest absolute Gasteiger partial charge is 0.294 e. The molecule has 0 amide bonds. The number of hydrogen-bond donors (Lipinski definition) is 0. The van der Waals surface area contributed by atoms with Gasteiger partial charge in [-0.1, -0.05) is 0 Å². The molecule has 1 aromatic heterocycles. The van der Waals surface area contributed by atoms with E-state index in [9.17, 15) is 10.1 Å². The van der Waals surface area contributed by atoms with Crippen LogP contribution in [-0.4, -0.2) is 11.7 Å². The largest absolute Gasteiger partial charge is 0.307 e. The molecule has 0 saturated carbocycles. The predicted molar refractivity (Wildman–Crippen MR) is 53.8 cm³/mol. The minimum atomic E-state index is -0.764. The fraction of sp³-hybridized carbons (Fsp3) is 0.500. The Bertz CT molecular complexity index is 354. The van der Waals surface area contributed by atoms with Crippen molar-refractivity contribution < 1.29 is 14.5 Å². The van der Waals surface area contributed by atoms with Crippen LogP contribution in [0.1, 0.15) is 17.0 Å². The first-order valence-corrected chi connectivity index (χ1v) is 4.75. The van der Waals surface area contributed by atoms with Crippen LogP contribution in [0.25, 0.3) is 0 Å². The highest BCUT2D eigenvalue weighted by molar-refractivity contribution is 5.13. The Kier molecular flexibility index (Phi) is 3.60. The third-order valence-electron chi connectivity index (χ3n) is 2.24. The molecule has 0 N–H and O–H groups in total. The maximum Gasteiger partial charge on any atom is 0.294 e. The van der Waals surface area contributed by atoms with Gasteiger partial charge in [0.05, 0.1) is 0 Å². The third kappa shape index (κ3) is 3.19. The summed E-state index contributed by atoms with van der Waals surface area (Å²) in [6.07, 6.45) is 0. The van der Waals surface area contributed by atoms with E-state index in [4.69, 9.17) is 0 Å². The monoisotopic (exact) mass is 211 g/mol. The Morgan fingerprint density at radius 3 is 2.33 bits per heavy atom. The predicted octanol–water partition coefficient (Wildman–Crippen LogP) is 1.11. The molecule has 0 bridgehead atoms. The highest BCUT2D eigenvalue weighted by atomic mass is 16.9. The molecule has 1 heterocycles. The van der Waals surface area contributed by atoms with Crippen LogP contribution in [0, 0.1) is 30.9 Å². The van der Waals surface area contributed by atoms with Crippen molar-refractivity contribution in [2.24, 2.45) is 0 Å². The summed E-state index contributed by atoms with van der Waals surface area (Å²) in [7, 11) is 0. The number of rotatable bonds is 4. The van der Waals surface area contributed by atoms with Crippen LogP contribution < -0.4 is 4.57 Å². The zero-order chi connectivity index (χ0) is 11.4. The lowest BCUT2D eigenvalue weighted by atomic mass is 10.2. The van der Waals surface area contributed by atoms with Gasteiger partial charge in [0.15, 0.2) is 24.5 Å². The van der Waals surface area contributed by atoms with Crippen LogP contribution >= 0.6 is 0 Å². The standard InChI is InChI=1S/C10H15N2O3/c1-8-6-9(2)11(10(3)7-8)4-5-15-12(13)14/h6-7H,4-5H2,1-3H3/q+1. The van der Waals surface area contributed by atoms with Gasteiger partial charge in [-0.2, -0.15) is 4.57 Å². The van der Waals surface area contributed by atoms with Gasteiger partial charge in [0, 0.05) is 26.0 Å². The second kappa shape index (κ2) is 4.72. The molecule has 0 aromatic carbocycles. The van der Waals surface area contributed by atoms with Gasteiger partial charge in [0.1, 0.15) is 0 Å². The summed E-state index contributed by atoms with van der Waals surface area (Å²) < 4.78 is 2.00. The molecule has 82 valence electrons. The maximum atomic E-state index is 9.99. The summed E-state index contributed by atoms with van der Waals surface area (Å²) in [5.41, 5.74) is 3.36. The van der Waals surface area contributed by atoms with E-state index in [0.29, 0.717) is 6.54 Å². The molecular weight excluding hydrogens is 196 g/mol. The first kappa shape index (κ1) is 11.4. The Labute approximate surface area is 88.4 Å². The Balaban J connectivity index is 2.72. The van der Waals surface area contributed by atoms with Crippen molar-refractivity contribution >= 4 is 0 Å². The summed E-state index contributed by atoms with van der Waals surface area (Å²) in [6.45, 7) is 6.57. The van der Waals surface area contributed by atoms with E-state index in [0.717, 1.165) is 11.4 Å². The zero-order valence-electron chi connectivity index (χ0n) is 9.19. The molecule has 15 heavy (non-hydrogen) atoms. The van der Waals surface area contributed by atoms with Gasteiger partial charge in [0.25, 0.3) is 5.09 Å². The number of aromatic nitrogens is 1. The highest BCUT2D eigenvalue weighted by Gasteiger charge is 2.11. The van der Waals surface area contributed by atoms with Crippen LogP contribution in [0.3, 0.4) is 0 Å². The summed E-state index contributed by atoms with van der Waals surface area (Å²) in [5.74, 6) is 0. The van der Waals surface area contributed by atoms with E-state index in [1.54, 1.807) is 0 Å². The molecular formula is C10H15N2O3+. The number of aryl methyl sites for hydroxylation is 3. The second-order valence-electron chi connectivity index (χ2n) is 3.52. The molecule has 0 aliphatic rings. The van der Waals surface area contributed by atoms with E-state index in [1.807, 2.05) is 37.5 Å². The number of pyridine rings is 1. The number of hydrogen-bond acceptors (Lipinski definition) is 3. The van der Waals surface area contributed by atoms with Gasteiger partial charge in [-0.25, -0.2) is 0 Å². The molecule has 0 fully saturated rings. The van der Waals surface area contributed by atoms with Crippen molar-refractivity contribution in [2.75, 3.05) is 6.61 Å². The topological polar surface area (TPSA) is 56.2 Å². The Morgan fingerprint density at radius 2 is 1.87 bits per heavy atom. The third-order valence-corrected chi connectivity index (χ3v) is 2.24. The summed E-state index contributed by atoms with van der Waals surface area (Å²) in [4.78, 5) is 14.3. The quantitative estimate of drug-likeness (QED) is 0.426. The molecule has 0 atom stereocenters. The van der Waals surface area contributed by atoms with Crippen molar-refractivity contribution in [2.45, 2.75) is 27.3 Å². The van der Waals surface area contributed by atoms with Crippen molar-refractivity contribution in [3.63, 3.8) is 0 Å².